The number of rotatable bonds is 6. The first-order chi connectivity index (χ1) is 13.1. The third-order valence-corrected chi connectivity index (χ3v) is 8.69. The predicted molar refractivity (Wildman–Crippen MR) is 114 cm³/mol. The van der Waals surface area contributed by atoms with Crippen molar-refractivity contribution >= 4 is 21.6 Å². The molecule has 1 aromatic carbocycles. The molecule has 0 aliphatic heterocycles. The molecule has 0 spiro atoms. The molecule has 146 valence electrons. The number of thiazole rings is 1. The number of hydrogen-bond acceptors (Lipinski definition) is 3. The van der Waals surface area contributed by atoms with E-state index in [1.165, 1.54) is 55.4 Å². The van der Waals surface area contributed by atoms with E-state index in [0.717, 1.165) is 53.9 Å². The van der Waals surface area contributed by atoms with Crippen LogP contribution in [0.4, 0.5) is 0 Å². The summed E-state index contributed by atoms with van der Waals surface area (Å²) in [6.45, 7) is 4.02. The van der Waals surface area contributed by atoms with E-state index in [0.29, 0.717) is 5.54 Å². The molecule has 4 fully saturated rings. The van der Waals surface area contributed by atoms with Gasteiger partial charge < -0.3 is 0 Å². The molecule has 6 rings (SSSR count). The fourth-order valence-electron chi connectivity index (χ4n) is 6.79. The summed E-state index contributed by atoms with van der Waals surface area (Å²) in [5.74, 6) is 2.92. The van der Waals surface area contributed by atoms with E-state index in [2.05, 4.69) is 37.1 Å². The van der Waals surface area contributed by atoms with Gasteiger partial charge in [-0.3, -0.25) is 14.3 Å². The highest BCUT2D eigenvalue weighted by atomic mass is 32.1. The average Bonchev–Trinajstić information content (AvgIpc) is 2.93. The van der Waals surface area contributed by atoms with Crippen LogP contribution in [-0.2, 0) is 13.0 Å². The maximum atomic E-state index is 12.6. The summed E-state index contributed by atoms with van der Waals surface area (Å²) in [6.07, 6.45) is 10.9. The first-order valence-corrected chi connectivity index (χ1v) is 11.7. The molecule has 0 N–H and O–H groups in total. The maximum absolute atomic E-state index is 12.6. The van der Waals surface area contributed by atoms with Crippen molar-refractivity contribution in [3.05, 3.63) is 33.4 Å². The van der Waals surface area contributed by atoms with E-state index >= 15 is 0 Å². The number of benzene rings is 1. The van der Waals surface area contributed by atoms with E-state index in [9.17, 15) is 4.79 Å². The quantitative estimate of drug-likeness (QED) is 0.706. The van der Waals surface area contributed by atoms with Gasteiger partial charge in [0.15, 0.2) is 0 Å². The highest BCUT2D eigenvalue weighted by Crippen LogP contribution is 2.57. The van der Waals surface area contributed by atoms with Crippen molar-refractivity contribution in [1.29, 1.82) is 0 Å². The van der Waals surface area contributed by atoms with Crippen molar-refractivity contribution < 1.29 is 0 Å². The van der Waals surface area contributed by atoms with Crippen LogP contribution in [0, 0.1) is 17.8 Å². The molecule has 0 radical (unpaired) electrons. The van der Waals surface area contributed by atoms with Crippen LogP contribution in [-0.4, -0.2) is 28.6 Å². The second-order valence-corrected chi connectivity index (χ2v) is 10.6. The van der Waals surface area contributed by atoms with Gasteiger partial charge >= 0.3 is 4.87 Å². The molecule has 3 nitrogen and oxygen atoms in total. The lowest BCUT2D eigenvalue weighted by atomic mass is 9.52. The van der Waals surface area contributed by atoms with Gasteiger partial charge in [-0.1, -0.05) is 30.7 Å². The Hall–Kier alpha value is -1.13. The van der Waals surface area contributed by atoms with Crippen LogP contribution in [0.15, 0.2) is 23.0 Å². The minimum Gasteiger partial charge on any atom is -0.299 e. The summed E-state index contributed by atoms with van der Waals surface area (Å²) < 4.78 is 3.18. The van der Waals surface area contributed by atoms with Crippen molar-refractivity contribution in [3.8, 4) is 0 Å². The fraction of sp³-hybridized carbons (Fsp3) is 0.696. The molecule has 4 heteroatoms. The van der Waals surface area contributed by atoms with Gasteiger partial charge in [-0.05, 0) is 87.4 Å². The van der Waals surface area contributed by atoms with Crippen molar-refractivity contribution in [1.82, 2.24) is 9.47 Å². The number of fused-ring (bicyclic) bond motifs is 1. The SMILES string of the molecule is CCCc1ccc2c(c1)sc(=O)n2CCN(C)C12CC3CC(CC(C3)C1)C2. The first-order valence-electron chi connectivity index (χ1n) is 10.9. The van der Waals surface area contributed by atoms with Gasteiger partial charge in [-0.15, -0.1) is 0 Å². The monoisotopic (exact) mass is 384 g/mol. The summed E-state index contributed by atoms with van der Waals surface area (Å²) in [4.78, 5) is 15.5. The van der Waals surface area contributed by atoms with Crippen molar-refractivity contribution in [3.63, 3.8) is 0 Å². The maximum Gasteiger partial charge on any atom is 0.308 e. The lowest BCUT2D eigenvalue weighted by molar-refractivity contribution is -0.0797. The molecule has 0 atom stereocenters. The van der Waals surface area contributed by atoms with E-state index in [4.69, 9.17) is 0 Å². The summed E-state index contributed by atoms with van der Waals surface area (Å²) in [6, 6.07) is 6.60. The Labute approximate surface area is 166 Å². The van der Waals surface area contributed by atoms with Crippen LogP contribution >= 0.6 is 11.3 Å². The standard InChI is InChI=1S/C23H32N2OS/c1-3-4-16-5-6-20-21(12-16)27-22(26)25(20)8-7-24(2)23-13-17-9-18(14-23)11-19(10-17)15-23/h5-6,12,17-19H,3-4,7-11,13-15H2,1-2H3. The Morgan fingerprint density at radius 3 is 2.44 bits per heavy atom. The van der Waals surface area contributed by atoms with Crippen molar-refractivity contribution in [2.75, 3.05) is 13.6 Å². The summed E-state index contributed by atoms with van der Waals surface area (Å²) in [5, 5.41) is 0. The predicted octanol–water partition coefficient (Wildman–Crippen LogP) is 4.92. The number of aryl methyl sites for hydroxylation is 1. The zero-order valence-electron chi connectivity index (χ0n) is 16.7. The van der Waals surface area contributed by atoms with Gasteiger partial charge in [0.1, 0.15) is 0 Å². The smallest absolute Gasteiger partial charge is 0.299 e. The topological polar surface area (TPSA) is 25.2 Å². The molecule has 2 aromatic rings. The molecule has 0 unspecified atom stereocenters. The largest absolute Gasteiger partial charge is 0.308 e. The first kappa shape index (κ1) is 17.9. The molecule has 4 bridgehead atoms. The molecule has 27 heavy (non-hydrogen) atoms. The Bertz CT molecular complexity index is 860. The highest BCUT2D eigenvalue weighted by molar-refractivity contribution is 7.16. The lowest BCUT2D eigenvalue weighted by Crippen LogP contribution is -2.59. The van der Waals surface area contributed by atoms with Crippen LogP contribution < -0.4 is 4.87 Å². The molecular formula is C23H32N2OS. The minimum atomic E-state index is 0.206. The van der Waals surface area contributed by atoms with Crippen molar-refractivity contribution in [2.24, 2.45) is 17.8 Å². The third-order valence-electron chi connectivity index (χ3n) is 7.75. The zero-order valence-corrected chi connectivity index (χ0v) is 17.6. The van der Waals surface area contributed by atoms with E-state index in [1.54, 1.807) is 0 Å². The molecule has 0 saturated heterocycles. The molecule has 4 aliphatic carbocycles. The average molecular weight is 385 g/mol. The second kappa shape index (κ2) is 6.73. The Kier molecular flexibility index (Phi) is 4.47. The zero-order chi connectivity index (χ0) is 18.6. The second-order valence-electron chi connectivity index (χ2n) is 9.64. The molecule has 0 amide bonds. The normalized spacial score (nSPS) is 32.0. The van der Waals surface area contributed by atoms with Gasteiger partial charge in [-0.25, -0.2) is 0 Å². The summed E-state index contributed by atoms with van der Waals surface area (Å²) in [7, 11) is 2.33. The number of aromatic nitrogens is 1. The Morgan fingerprint density at radius 2 is 1.81 bits per heavy atom. The number of likely N-dealkylation sites (N-methyl/N-ethyl adjacent to an activating group) is 1. The van der Waals surface area contributed by atoms with Gasteiger partial charge in [-0.2, -0.15) is 0 Å². The molecule has 4 saturated carbocycles. The summed E-state index contributed by atoms with van der Waals surface area (Å²) >= 11 is 1.42. The van der Waals surface area contributed by atoms with Crippen LogP contribution in [0.2, 0.25) is 0 Å². The Morgan fingerprint density at radius 1 is 1.15 bits per heavy atom. The number of nitrogens with zero attached hydrogens (tertiary/aromatic N) is 2. The van der Waals surface area contributed by atoms with Crippen LogP contribution in [0.5, 0.6) is 0 Å². The highest BCUT2D eigenvalue weighted by Gasteiger charge is 2.52. The van der Waals surface area contributed by atoms with E-state index < -0.39 is 0 Å². The van der Waals surface area contributed by atoms with Crippen LogP contribution in [0.1, 0.15) is 57.4 Å². The van der Waals surface area contributed by atoms with Gasteiger partial charge in [0.2, 0.25) is 0 Å². The van der Waals surface area contributed by atoms with Crippen molar-refractivity contribution in [2.45, 2.75) is 70.4 Å². The van der Waals surface area contributed by atoms with Gasteiger partial charge in [0, 0.05) is 18.6 Å². The molecule has 1 aromatic heterocycles. The van der Waals surface area contributed by atoms with E-state index in [1.807, 2.05) is 4.57 Å². The molecule has 1 heterocycles. The van der Waals surface area contributed by atoms with Crippen LogP contribution in [0.25, 0.3) is 10.2 Å². The lowest BCUT2D eigenvalue weighted by Gasteiger charge is -2.60. The van der Waals surface area contributed by atoms with Crippen LogP contribution in [0.3, 0.4) is 0 Å². The van der Waals surface area contributed by atoms with Gasteiger partial charge in [0.25, 0.3) is 0 Å². The minimum absolute atomic E-state index is 0.206. The third kappa shape index (κ3) is 3.09. The fourth-order valence-corrected chi connectivity index (χ4v) is 7.77. The summed E-state index contributed by atoms with van der Waals surface area (Å²) in [5.41, 5.74) is 2.91. The molecular weight excluding hydrogens is 352 g/mol. The Balaban J connectivity index is 1.34. The van der Waals surface area contributed by atoms with E-state index in [-0.39, 0.29) is 4.87 Å². The molecule has 4 aliphatic rings. The number of hydrogen-bond donors (Lipinski definition) is 0. The van der Waals surface area contributed by atoms with Gasteiger partial charge in [0.05, 0.1) is 10.2 Å².